The van der Waals surface area contributed by atoms with Crippen LogP contribution in [-0.4, -0.2) is 24.1 Å². The smallest absolute Gasteiger partial charge is 0.247 e. The highest BCUT2D eigenvalue weighted by Gasteiger charge is 2.16. The number of hydrogen-bond acceptors (Lipinski definition) is 3. The van der Waals surface area contributed by atoms with E-state index >= 15 is 0 Å². The molecule has 0 aliphatic rings. The van der Waals surface area contributed by atoms with Gasteiger partial charge in [-0.15, -0.1) is 11.8 Å². The van der Waals surface area contributed by atoms with Crippen molar-refractivity contribution < 1.29 is 13.6 Å². The number of nitrogens with two attached hydrogens (primary N) is 1. The van der Waals surface area contributed by atoms with Gasteiger partial charge in [0.1, 0.15) is 0 Å². The lowest BCUT2D eigenvalue weighted by Crippen LogP contribution is -2.35. The van der Waals surface area contributed by atoms with Gasteiger partial charge < -0.3 is 11.1 Å². The second-order valence-electron chi connectivity index (χ2n) is 4.20. The van der Waals surface area contributed by atoms with Crippen molar-refractivity contribution in [3.8, 4) is 0 Å². The molecule has 0 bridgehead atoms. The van der Waals surface area contributed by atoms with Crippen LogP contribution < -0.4 is 11.1 Å². The topological polar surface area (TPSA) is 55.1 Å². The summed E-state index contributed by atoms with van der Waals surface area (Å²) in [6, 6.07) is 4.25. The normalized spacial score (nSPS) is 12.5. The molecule has 1 amide bonds. The first-order valence-corrected chi connectivity index (χ1v) is 7.58. The van der Waals surface area contributed by atoms with Gasteiger partial charge in [0.25, 0.3) is 0 Å². The number of alkyl halides is 2. The molecule has 20 heavy (non-hydrogen) atoms. The Balaban J connectivity index is 2.83. The number of thioether (sulfide) groups is 1. The van der Waals surface area contributed by atoms with Crippen molar-refractivity contribution >= 4 is 35.0 Å². The third kappa shape index (κ3) is 5.26. The van der Waals surface area contributed by atoms with Gasteiger partial charge in [-0.05, 0) is 18.6 Å². The number of rotatable bonds is 7. The minimum absolute atomic E-state index is 0.331. The highest BCUT2D eigenvalue weighted by molar-refractivity contribution is 7.99. The second-order valence-corrected chi connectivity index (χ2v) is 5.64. The summed E-state index contributed by atoms with van der Waals surface area (Å²) in [5, 5.41) is 2.98. The third-order valence-electron chi connectivity index (χ3n) is 2.51. The molecule has 0 aliphatic heterocycles. The molecule has 3 N–H and O–H groups in total. The molecule has 0 saturated carbocycles. The van der Waals surface area contributed by atoms with Crippen LogP contribution in [0.2, 0.25) is 5.02 Å². The number of carbonyl (C=O) groups excluding carboxylic acids is 1. The molecular formula is C13H17ClF2N2OS. The number of carbonyl (C=O) groups is 1. The Kier molecular flexibility index (Phi) is 7.26. The molecule has 112 valence electrons. The molecule has 3 nitrogen and oxygen atoms in total. The Hall–Kier alpha value is -0.850. The van der Waals surface area contributed by atoms with Gasteiger partial charge in [0.2, 0.25) is 12.3 Å². The van der Waals surface area contributed by atoms with Gasteiger partial charge in [-0.1, -0.05) is 31.0 Å². The fourth-order valence-electron chi connectivity index (χ4n) is 1.57. The van der Waals surface area contributed by atoms with Crippen molar-refractivity contribution in [2.24, 2.45) is 5.73 Å². The van der Waals surface area contributed by atoms with Crippen molar-refractivity contribution in [3.05, 3.63) is 23.2 Å². The summed E-state index contributed by atoms with van der Waals surface area (Å²) in [5.74, 6) is -0.721. The van der Waals surface area contributed by atoms with Crippen molar-refractivity contribution in [1.29, 1.82) is 0 Å². The van der Waals surface area contributed by atoms with Crippen LogP contribution in [0.4, 0.5) is 14.5 Å². The minimum atomic E-state index is -2.44. The summed E-state index contributed by atoms with van der Waals surface area (Å²) in [5.41, 5.74) is 6.13. The molecule has 0 radical (unpaired) electrons. The molecule has 1 aromatic rings. The summed E-state index contributed by atoms with van der Waals surface area (Å²) in [6.45, 7) is 1.93. The second kappa shape index (κ2) is 8.44. The van der Waals surface area contributed by atoms with Crippen molar-refractivity contribution in [1.82, 2.24) is 0 Å². The van der Waals surface area contributed by atoms with Crippen molar-refractivity contribution in [2.75, 3.05) is 11.1 Å². The van der Waals surface area contributed by atoms with Gasteiger partial charge in [-0.25, -0.2) is 8.78 Å². The maximum atomic E-state index is 12.3. The Morgan fingerprint density at radius 3 is 2.80 bits per heavy atom. The lowest BCUT2D eigenvalue weighted by molar-refractivity contribution is -0.117. The Bertz CT molecular complexity index is 460. The molecule has 1 aromatic carbocycles. The zero-order chi connectivity index (χ0) is 15.1. The lowest BCUT2D eigenvalue weighted by Gasteiger charge is -2.15. The van der Waals surface area contributed by atoms with Gasteiger partial charge in [-0.3, -0.25) is 4.79 Å². The number of amides is 1. The Morgan fingerprint density at radius 1 is 1.50 bits per heavy atom. The van der Waals surface area contributed by atoms with Crippen LogP contribution in [0.25, 0.3) is 0 Å². The molecule has 1 unspecified atom stereocenters. The molecule has 0 heterocycles. The van der Waals surface area contributed by atoms with E-state index in [2.05, 4.69) is 5.32 Å². The highest BCUT2D eigenvalue weighted by Crippen LogP contribution is 2.35. The lowest BCUT2D eigenvalue weighted by atomic mass is 10.1. The first kappa shape index (κ1) is 17.2. The van der Waals surface area contributed by atoms with E-state index in [-0.39, 0.29) is 11.7 Å². The van der Waals surface area contributed by atoms with Crippen LogP contribution in [-0.2, 0) is 4.79 Å². The maximum Gasteiger partial charge on any atom is 0.247 e. The van der Waals surface area contributed by atoms with Crippen LogP contribution in [0.1, 0.15) is 19.8 Å². The van der Waals surface area contributed by atoms with Gasteiger partial charge in [0.15, 0.2) is 0 Å². The molecule has 0 aromatic heterocycles. The maximum absolute atomic E-state index is 12.3. The third-order valence-corrected chi connectivity index (χ3v) is 4.09. The predicted octanol–water partition coefficient (Wildman–Crippen LogP) is 3.76. The molecule has 0 aliphatic carbocycles. The van der Waals surface area contributed by atoms with Gasteiger partial charge in [0, 0.05) is 4.90 Å². The Labute approximate surface area is 126 Å². The Morgan fingerprint density at radius 2 is 2.20 bits per heavy atom. The van der Waals surface area contributed by atoms with E-state index in [1.54, 1.807) is 18.2 Å². The summed E-state index contributed by atoms with van der Waals surface area (Å²) in [4.78, 5) is 12.3. The number of halogens is 3. The monoisotopic (exact) mass is 322 g/mol. The summed E-state index contributed by atoms with van der Waals surface area (Å²) >= 11 is 6.90. The van der Waals surface area contributed by atoms with E-state index in [0.29, 0.717) is 22.0 Å². The van der Waals surface area contributed by atoms with Gasteiger partial charge in [-0.2, -0.15) is 0 Å². The summed E-state index contributed by atoms with van der Waals surface area (Å²) < 4.78 is 24.6. The first-order chi connectivity index (χ1) is 9.45. The fraction of sp³-hybridized carbons (Fsp3) is 0.462. The van der Waals surface area contributed by atoms with E-state index in [9.17, 15) is 13.6 Å². The van der Waals surface area contributed by atoms with Crippen LogP contribution in [0.5, 0.6) is 0 Å². The van der Waals surface area contributed by atoms with E-state index in [1.807, 2.05) is 6.92 Å². The minimum Gasteiger partial charge on any atom is -0.324 e. The molecule has 1 atom stereocenters. The SMILES string of the molecule is CCCC(N)C(=O)Nc1cccc(Cl)c1SCC(F)F. The van der Waals surface area contributed by atoms with E-state index in [0.717, 1.165) is 18.2 Å². The number of nitrogens with one attached hydrogen (secondary N) is 1. The predicted molar refractivity (Wildman–Crippen MR) is 79.7 cm³/mol. The molecule has 7 heteroatoms. The van der Waals surface area contributed by atoms with E-state index in [1.165, 1.54) is 0 Å². The van der Waals surface area contributed by atoms with Gasteiger partial charge >= 0.3 is 0 Å². The standard InChI is InChI=1S/C13H17ClF2N2OS/c1-2-4-9(17)13(19)18-10-6-3-5-8(14)12(10)20-7-11(15)16/h3,5-6,9,11H,2,4,7,17H2,1H3,(H,18,19). The highest BCUT2D eigenvalue weighted by atomic mass is 35.5. The van der Waals surface area contributed by atoms with Crippen molar-refractivity contribution in [3.63, 3.8) is 0 Å². The average molecular weight is 323 g/mol. The fourth-order valence-corrected chi connectivity index (χ4v) is 2.68. The summed E-state index contributed by atoms with van der Waals surface area (Å²) in [6.07, 6.45) is -1.09. The van der Waals surface area contributed by atoms with Crippen LogP contribution in [0, 0.1) is 0 Å². The molecule has 0 saturated heterocycles. The number of hydrogen-bond donors (Lipinski definition) is 2. The molecule has 0 fully saturated rings. The van der Waals surface area contributed by atoms with Crippen LogP contribution >= 0.6 is 23.4 Å². The largest absolute Gasteiger partial charge is 0.324 e. The van der Waals surface area contributed by atoms with Gasteiger partial charge in [0.05, 0.1) is 22.5 Å². The zero-order valence-corrected chi connectivity index (χ0v) is 12.6. The number of anilines is 1. The first-order valence-electron chi connectivity index (χ1n) is 6.21. The zero-order valence-electron chi connectivity index (χ0n) is 11.0. The van der Waals surface area contributed by atoms with E-state index < -0.39 is 12.5 Å². The van der Waals surface area contributed by atoms with Crippen LogP contribution in [0.15, 0.2) is 23.1 Å². The van der Waals surface area contributed by atoms with Crippen LogP contribution in [0.3, 0.4) is 0 Å². The molecular weight excluding hydrogens is 306 g/mol. The van der Waals surface area contributed by atoms with E-state index in [4.69, 9.17) is 17.3 Å². The number of benzene rings is 1. The average Bonchev–Trinajstić information content (AvgIpc) is 2.38. The quantitative estimate of drug-likeness (QED) is 0.751. The summed E-state index contributed by atoms with van der Waals surface area (Å²) in [7, 11) is 0. The molecule has 0 spiro atoms. The van der Waals surface area contributed by atoms with Crippen molar-refractivity contribution in [2.45, 2.75) is 37.1 Å². The molecule has 1 rings (SSSR count).